The highest BCUT2D eigenvalue weighted by molar-refractivity contribution is 5.95. The Morgan fingerprint density at radius 3 is 2.59 bits per heavy atom. The molecule has 1 atom stereocenters. The first-order valence-electron chi connectivity index (χ1n) is 9.70. The highest BCUT2D eigenvalue weighted by Crippen LogP contribution is 2.28. The molecule has 0 unspecified atom stereocenters. The molecule has 7 heteroatoms. The molecule has 0 aliphatic carbocycles. The molecule has 0 bridgehead atoms. The summed E-state index contributed by atoms with van der Waals surface area (Å²) < 4.78 is 30.4. The van der Waals surface area contributed by atoms with Crippen LogP contribution in [0.3, 0.4) is 0 Å². The largest absolute Gasteiger partial charge is 0.497 e. The Labute approximate surface area is 169 Å². The minimum absolute atomic E-state index is 0.0168. The molecule has 0 aromatic heterocycles. The fraction of sp³-hybridized carbons (Fsp3) is 0.409. The molecule has 2 aliphatic rings. The van der Waals surface area contributed by atoms with Gasteiger partial charge in [-0.1, -0.05) is 12.1 Å². The van der Waals surface area contributed by atoms with E-state index < -0.39 is 5.60 Å². The van der Waals surface area contributed by atoms with Crippen molar-refractivity contribution in [3.8, 4) is 5.75 Å². The van der Waals surface area contributed by atoms with Crippen LogP contribution in [0.2, 0.25) is 0 Å². The number of benzene rings is 2. The second kappa shape index (κ2) is 8.49. The molecule has 29 heavy (non-hydrogen) atoms. The van der Waals surface area contributed by atoms with E-state index >= 15 is 0 Å². The third-order valence-corrected chi connectivity index (χ3v) is 5.38. The van der Waals surface area contributed by atoms with E-state index in [9.17, 15) is 9.18 Å². The van der Waals surface area contributed by atoms with Crippen molar-refractivity contribution < 1.29 is 23.4 Å². The van der Waals surface area contributed by atoms with E-state index in [4.69, 9.17) is 14.2 Å². The minimum Gasteiger partial charge on any atom is -0.497 e. The highest BCUT2D eigenvalue weighted by Gasteiger charge is 2.43. The van der Waals surface area contributed by atoms with Crippen molar-refractivity contribution in [1.29, 1.82) is 0 Å². The summed E-state index contributed by atoms with van der Waals surface area (Å²) >= 11 is 0. The number of hydrogen-bond donors (Lipinski definition) is 0. The van der Waals surface area contributed by atoms with Gasteiger partial charge in [0.2, 0.25) is 0 Å². The minimum atomic E-state index is -0.620. The number of nitrogens with zero attached hydrogens (tertiary/aromatic N) is 2. The quantitative estimate of drug-likeness (QED) is 0.789. The standard InChI is InChI=1S/C22H25FN2O4/c1-27-20-8-2-17(3-9-20)12-24-10-11-28-16-22(14-24)15-25(21(26)13-29-22)19-6-4-18(23)5-7-19/h2-9H,10-16H2,1H3/t22-/m1/s1. The summed E-state index contributed by atoms with van der Waals surface area (Å²) in [6, 6.07) is 14.0. The summed E-state index contributed by atoms with van der Waals surface area (Å²) in [4.78, 5) is 16.4. The normalized spacial score (nSPS) is 23.2. The third-order valence-electron chi connectivity index (χ3n) is 5.38. The van der Waals surface area contributed by atoms with Crippen molar-refractivity contribution in [2.45, 2.75) is 12.1 Å². The first kappa shape index (κ1) is 19.8. The predicted octanol–water partition coefficient (Wildman–Crippen LogP) is 2.47. The second-order valence-corrected chi connectivity index (χ2v) is 7.54. The highest BCUT2D eigenvalue weighted by atomic mass is 19.1. The van der Waals surface area contributed by atoms with Crippen molar-refractivity contribution in [2.24, 2.45) is 0 Å². The maximum Gasteiger partial charge on any atom is 0.253 e. The average Bonchev–Trinajstić information content (AvgIpc) is 2.93. The van der Waals surface area contributed by atoms with E-state index in [2.05, 4.69) is 4.90 Å². The Bertz CT molecular complexity index is 843. The van der Waals surface area contributed by atoms with Crippen LogP contribution in [0.5, 0.6) is 5.75 Å². The fourth-order valence-electron chi connectivity index (χ4n) is 3.86. The molecular formula is C22H25FN2O4. The summed E-state index contributed by atoms with van der Waals surface area (Å²) in [7, 11) is 1.65. The van der Waals surface area contributed by atoms with Gasteiger partial charge in [0.1, 0.15) is 23.8 Å². The van der Waals surface area contributed by atoms with Gasteiger partial charge in [-0.25, -0.2) is 4.39 Å². The van der Waals surface area contributed by atoms with Crippen LogP contribution >= 0.6 is 0 Å². The van der Waals surface area contributed by atoms with Gasteiger partial charge < -0.3 is 19.1 Å². The number of methoxy groups -OCH3 is 1. The number of anilines is 1. The van der Waals surface area contributed by atoms with E-state index in [1.54, 1.807) is 24.1 Å². The molecule has 6 nitrogen and oxygen atoms in total. The number of morpholine rings is 1. The molecule has 2 heterocycles. The first-order valence-corrected chi connectivity index (χ1v) is 9.70. The van der Waals surface area contributed by atoms with Gasteiger partial charge in [-0.15, -0.1) is 0 Å². The molecule has 2 saturated heterocycles. The number of carbonyl (C=O) groups excluding carboxylic acids is 1. The van der Waals surface area contributed by atoms with Gasteiger partial charge >= 0.3 is 0 Å². The van der Waals surface area contributed by atoms with Crippen LogP contribution < -0.4 is 9.64 Å². The molecule has 0 N–H and O–H groups in total. The van der Waals surface area contributed by atoms with Crippen LogP contribution in [0.1, 0.15) is 5.56 Å². The van der Waals surface area contributed by atoms with Crippen molar-refractivity contribution in [3.63, 3.8) is 0 Å². The summed E-state index contributed by atoms with van der Waals surface area (Å²) in [6.07, 6.45) is 0. The summed E-state index contributed by atoms with van der Waals surface area (Å²) in [6.45, 7) is 3.55. The molecule has 1 spiro atoms. The van der Waals surface area contributed by atoms with Crippen LogP contribution in [0.15, 0.2) is 48.5 Å². The van der Waals surface area contributed by atoms with Crippen LogP contribution in [0.4, 0.5) is 10.1 Å². The number of hydrogen-bond acceptors (Lipinski definition) is 5. The molecule has 0 saturated carbocycles. The van der Waals surface area contributed by atoms with Gasteiger partial charge in [0, 0.05) is 25.3 Å². The van der Waals surface area contributed by atoms with Crippen LogP contribution in [-0.4, -0.2) is 63.0 Å². The van der Waals surface area contributed by atoms with E-state index in [1.807, 2.05) is 24.3 Å². The molecule has 2 aliphatic heterocycles. The topological polar surface area (TPSA) is 51.2 Å². The number of rotatable bonds is 4. The zero-order valence-electron chi connectivity index (χ0n) is 16.5. The number of carbonyl (C=O) groups is 1. The van der Waals surface area contributed by atoms with Gasteiger partial charge in [-0.3, -0.25) is 9.69 Å². The number of ether oxygens (including phenoxy) is 3. The molecule has 154 valence electrons. The maximum atomic E-state index is 13.3. The van der Waals surface area contributed by atoms with Crippen LogP contribution in [0.25, 0.3) is 0 Å². The zero-order valence-corrected chi connectivity index (χ0v) is 16.5. The Morgan fingerprint density at radius 1 is 1.10 bits per heavy atom. The van der Waals surface area contributed by atoms with E-state index in [-0.39, 0.29) is 18.3 Å². The number of halogens is 1. The first-order chi connectivity index (χ1) is 14.1. The summed E-state index contributed by atoms with van der Waals surface area (Å²) in [5.41, 5.74) is 1.22. The molecule has 2 fully saturated rings. The molecule has 0 radical (unpaired) electrons. The van der Waals surface area contributed by atoms with Gasteiger partial charge in [-0.05, 0) is 42.0 Å². The lowest BCUT2D eigenvalue weighted by molar-refractivity contribution is -0.146. The average molecular weight is 400 g/mol. The van der Waals surface area contributed by atoms with Crippen molar-refractivity contribution >= 4 is 11.6 Å². The summed E-state index contributed by atoms with van der Waals surface area (Å²) in [5.74, 6) is 0.370. The maximum absolute atomic E-state index is 13.3. The van der Waals surface area contributed by atoms with Gasteiger partial charge in [0.15, 0.2) is 0 Å². The van der Waals surface area contributed by atoms with Gasteiger partial charge in [0.05, 0.1) is 26.9 Å². The Hall–Kier alpha value is -2.48. The number of amides is 1. The lowest BCUT2D eigenvalue weighted by Crippen LogP contribution is -2.60. The molecule has 2 aromatic rings. The Kier molecular flexibility index (Phi) is 5.80. The molecule has 1 amide bonds. The monoisotopic (exact) mass is 400 g/mol. The van der Waals surface area contributed by atoms with E-state index in [0.29, 0.717) is 32.0 Å². The van der Waals surface area contributed by atoms with E-state index in [1.165, 1.54) is 17.7 Å². The summed E-state index contributed by atoms with van der Waals surface area (Å²) in [5, 5.41) is 0. The van der Waals surface area contributed by atoms with Crippen LogP contribution in [0, 0.1) is 5.82 Å². The Balaban J connectivity index is 1.50. The lowest BCUT2D eigenvalue weighted by atomic mass is 10.0. The van der Waals surface area contributed by atoms with Crippen LogP contribution in [-0.2, 0) is 20.8 Å². The van der Waals surface area contributed by atoms with Crippen molar-refractivity contribution in [1.82, 2.24) is 4.90 Å². The van der Waals surface area contributed by atoms with Crippen molar-refractivity contribution in [2.75, 3.05) is 51.5 Å². The molecular weight excluding hydrogens is 375 g/mol. The zero-order chi connectivity index (χ0) is 20.3. The SMILES string of the molecule is COc1ccc(CN2CCOC[C@@]3(C2)CN(c2ccc(F)cc2)C(=O)CO3)cc1. The predicted molar refractivity (Wildman–Crippen MR) is 107 cm³/mol. The van der Waals surface area contributed by atoms with Gasteiger partial charge in [0.25, 0.3) is 5.91 Å². The second-order valence-electron chi connectivity index (χ2n) is 7.54. The van der Waals surface area contributed by atoms with Gasteiger partial charge in [-0.2, -0.15) is 0 Å². The lowest BCUT2D eigenvalue weighted by Gasteiger charge is -2.43. The smallest absolute Gasteiger partial charge is 0.253 e. The third kappa shape index (κ3) is 4.58. The van der Waals surface area contributed by atoms with Crippen molar-refractivity contribution in [3.05, 3.63) is 59.9 Å². The Morgan fingerprint density at radius 2 is 1.86 bits per heavy atom. The molecule has 4 rings (SSSR count). The molecule has 2 aromatic carbocycles. The fourth-order valence-corrected chi connectivity index (χ4v) is 3.86. The van der Waals surface area contributed by atoms with E-state index in [0.717, 1.165) is 18.8 Å².